The first-order chi connectivity index (χ1) is 6.43. The molecule has 0 fully saturated rings. The van der Waals surface area contributed by atoms with E-state index in [-0.39, 0.29) is 6.61 Å². The van der Waals surface area contributed by atoms with Crippen LogP contribution in [0.15, 0.2) is 35.2 Å². The molecule has 1 aromatic rings. The van der Waals surface area contributed by atoms with E-state index >= 15 is 0 Å². The maximum atomic E-state index is 8.51. The summed E-state index contributed by atoms with van der Waals surface area (Å²) in [5.41, 5.74) is 0. The van der Waals surface area contributed by atoms with Crippen molar-refractivity contribution in [3.05, 3.63) is 30.3 Å². The van der Waals surface area contributed by atoms with Crippen molar-refractivity contribution in [3.8, 4) is 11.2 Å². The molecule has 0 aliphatic heterocycles. The maximum Gasteiger partial charge on any atom is 0.0440 e. The Hall–Kier alpha value is -0.910. The molecule has 0 saturated heterocycles. The lowest BCUT2D eigenvalue weighted by molar-refractivity contribution is 0.290. The third-order valence-corrected chi connectivity index (χ3v) is 2.20. The normalized spacial score (nSPS) is 9.00. The molecule has 0 aliphatic rings. The zero-order chi connectivity index (χ0) is 9.36. The molecule has 0 saturated carbocycles. The maximum absolute atomic E-state index is 8.51. The topological polar surface area (TPSA) is 20.2 Å². The Bertz CT molecular complexity index is 284. The fourth-order valence-electron chi connectivity index (χ4n) is 0.802. The average molecular weight is 192 g/mol. The van der Waals surface area contributed by atoms with Crippen LogP contribution in [0.2, 0.25) is 0 Å². The molecule has 1 aromatic carbocycles. The van der Waals surface area contributed by atoms with Crippen LogP contribution in [0.1, 0.15) is 12.8 Å². The Morgan fingerprint density at radius 3 is 2.69 bits per heavy atom. The second kappa shape index (κ2) is 6.59. The van der Waals surface area contributed by atoms with Crippen LogP contribution in [0, 0.1) is 11.2 Å². The fourth-order valence-corrected chi connectivity index (χ4v) is 1.39. The molecule has 0 heterocycles. The second-order valence-electron chi connectivity index (χ2n) is 2.52. The molecule has 0 radical (unpaired) electrons. The van der Waals surface area contributed by atoms with E-state index in [0.717, 1.165) is 12.8 Å². The van der Waals surface area contributed by atoms with Crippen molar-refractivity contribution in [3.63, 3.8) is 0 Å². The minimum Gasteiger partial charge on any atom is -0.396 e. The van der Waals surface area contributed by atoms with E-state index < -0.39 is 0 Å². The van der Waals surface area contributed by atoms with Crippen molar-refractivity contribution >= 4 is 11.8 Å². The highest BCUT2D eigenvalue weighted by Gasteiger charge is 1.85. The zero-order valence-electron chi connectivity index (χ0n) is 7.36. The van der Waals surface area contributed by atoms with Gasteiger partial charge in [0.25, 0.3) is 0 Å². The lowest BCUT2D eigenvalue weighted by atomic mass is 10.3. The summed E-state index contributed by atoms with van der Waals surface area (Å²) in [4.78, 5) is 1.17. The molecule has 0 unspecified atom stereocenters. The van der Waals surface area contributed by atoms with Crippen LogP contribution < -0.4 is 0 Å². The van der Waals surface area contributed by atoms with Crippen LogP contribution >= 0.6 is 11.8 Å². The summed E-state index contributed by atoms with van der Waals surface area (Å²) < 4.78 is 0. The van der Waals surface area contributed by atoms with E-state index in [9.17, 15) is 0 Å². The molecule has 1 N–H and O–H groups in total. The summed E-state index contributed by atoms with van der Waals surface area (Å²) in [6.45, 7) is 0.227. The molecule has 0 aliphatic carbocycles. The van der Waals surface area contributed by atoms with E-state index in [1.165, 1.54) is 16.7 Å². The molecule has 0 atom stereocenters. The minimum atomic E-state index is 0.227. The highest BCUT2D eigenvalue weighted by atomic mass is 32.2. The molecule has 13 heavy (non-hydrogen) atoms. The first kappa shape index (κ1) is 10.2. The van der Waals surface area contributed by atoms with Crippen molar-refractivity contribution in [2.45, 2.75) is 17.7 Å². The van der Waals surface area contributed by atoms with Crippen LogP contribution in [-0.4, -0.2) is 11.7 Å². The van der Waals surface area contributed by atoms with Gasteiger partial charge in [-0.25, -0.2) is 0 Å². The van der Waals surface area contributed by atoms with Gasteiger partial charge in [0.2, 0.25) is 0 Å². The molecule has 0 aromatic heterocycles. The molecular weight excluding hydrogens is 180 g/mol. The van der Waals surface area contributed by atoms with Crippen LogP contribution in [0.3, 0.4) is 0 Å². The van der Waals surface area contributed by atoms with Gasteiger partial charge in [0, 0.05) is 17.9 Å². The minimum absolute atomic E-state index is 0.227. The molecule has 0 spiro atoms. The summed E-state index contributed by atoms with van der Waals surface area (Å²) in [6.07, 6.45) is 1.54. The van der Waals surface area contributed by atoms with Crippen LogP contribution in [-0.2, 0) is 0 Å². The lowest BCUT2D eigenvalue weighted by Gasteiger charge is -1.90. The third kappa shape index (κ3) is 4.62. The first-order valence-corrected chi connectivity index (χ1v) is 5.06. The lowest BCUT2D eigenvalue weighted by Crippen LogP contribution is -1.77. The molecule has 0 amide bonds. The summed E-state index contributed by atoms with van der Waals surface area (Å²) in [5.74, 6) is 2.99. The third-order valence-electron chi connectivity index (χ3n) is 1.44. The smallest absolute Gasteiger partial charge is 0.0440 e. The van der Waals surface area contributed by atoms with Gasteiger partial charge >= 0.3 is 0 Å². The highest BCUT2D eigenvalue weighted by molar-refractivity contribution is 8.03. The highest BCUT2D eigenvalue weighted by Crippen LogP contribution is 2.14. The molecular formula is C11H12OS. The monoisotopic (exact) mass is 192 g/mol. The van der Waals surface area contributed by atoms with E-state index in [0.29, 0.717) is 0 Å². The predicted molar refractivity (Wildman–Crippen MR) is 56.4 cm³/mol. The summed E-state index contributed by atoms with van der Waals surface area (Å²) in [5, 5.41) is 11.5. The van der Waals surface area contributed by atoms with Gasteiger partial charge < -0.3 is 5.11 Å². The van der Waals surface area contributed by atoms with Gasteiger partial charge in [-0.15, -0.1) is 0 Å². The molecule has 68 valence electrons. The number of hydrogen-bond acceptors (Lipinski definition) is 2. The number of hydrogen-bond donors (Lipinski definition) is 1. The molecule has 2 heteroatoms. The standard InChI is InChI=1S/C11H12OS/c12-9-5-2-6-10-13-11-7-3-1-4-8-11/h1,3-4,7-8,12H,2,5,9H2. The van der Waals surface area contributed by atoms with Crippen molar-refractivity contribution in [2.75, 3.05) is 6.61 Å². The van der Waals surface area contributed by atoms with E-state index in [1.54, 1.807) is 0 Å². The molecule has 1 nitrogen and oxygen atoms in total. The summed E-state index contributed by atoms with van der Waals surface area (Å²) >= 11 is 1.53. The van der Waals surface area contributed by atoms with Crippen LogP contribution in [0.5, 0.6) is 0 Å². The number of unbranched alkanes of at least 4 members (excludes halogenated alkanes) is 1. The number of aliphatic hydroxyl groups excluding tert-OH is 1. The van der Waals surface area contributed by atoms with Gasteiger partial charge in [-0.05, 0) is 35.6 Å². The fraction of sp³-hybridized carbons (Fsp3) is 0.273. The Balaban J connectivity index is 2.29. The number of thioether (sulfide) groups is 1. The zero-order valence-corrected chi connectivity index (χ0v) is 8.18. The van der Waals surface area contributed by atoms with Crippen molar-refractivity contribution < 1.29 is 5.11 Å². The largest absolute Gasteiger partial charge is 0.396 e. The number of aliphatic hydroxyl groups is 1. The summed E-state index contributed by atoms with van der Waals surface area (Å²) in [6, 6.07) is 10.1. The predicted octanol–water partition coefficient (Wildman–Crippen LogP) is 2.51. The Morgan fingerprint density at radius 2 is 2.00 bits per heavy atom. The van der Waals surface area contributed by atoms with Gasteiger partial charge in [0.15, 0.2) is 0 Å². The molecule has 0 bridgehead atoms. The van der Waals surface area contributed by atoms with E-state index in [4.69, 9.17) is 5.11 Å². The second-order valence-corrected chi connectivity index (χ2v) is 3.40. The van der Waals surface area contributed by atoms with E-state index in [1.807, 2.05) is 30.3 Å². The Kier molecular flexibility index (Phi) is 5.16. The Morgan fingerprint density at radius 1 is 1.23 bits per heavy atom. The van der Waals surface area contributed by atoms with Gasteiger partial charge in [-0.1, -0.05) is 24.1 Å². The average Bonchev–Trinajstić information content (AvgIpc) is 2.19. The quantitative estimate of drug-likeness (QED) is 0.451. The van der Waals surface area contributed by atoms with Crippen molar-refractivity contribution in [1.29, 1.82) is 0 Å². The van der Waals surface area contributed by atoms with Gasteiger partial charge in [0.1, 0.15) is 0 Å². The SMILES string of the molecule is OCCCC#CSc1ccccc1. The van der Waals surface area contributed by atoms with E-state index in [2.05, 4.69) is 11.2 Å². The van der Waals surface area contributed by atoms with Gasteiger partial charge in [-0.3, -0.25) is 0 Å². The van der Waals surface area contributed by atoms with Crippen LogP contribution in [0.4, 0.5) is 0 Å². The summed E-state index contributed by atoms with van der Waals surface area (Å²) in [7, 11) is 0. The number of benzene rings is 1. The first-order valence-electron chi connectivity index (χ1n) is 4.24. The van der Waals surface area contributed by atoms with Gasteiger partial charge in [-0.2, -0.15) is 0 Å². The molecule has 1 rings (SSSR count). The van der Waals surface area contributed by atoms with Crippen molar-refractivity contribution in [2.24, 2.45) is 0 Å². The van der Waals surface area contributed by atoms with Gasteiger partial charge in [0.05, 0.1) is 0 Å². The number of rotatable bonds is 3. The van der Waals surface area contributed by atoms with Crippen LogP contribution in [0.25, 0.3) is 0 Å². The van der Waals surface area contributed by atoms with Crippen molar-refractivity contribution in [1.82, 2.24) is 0 Å². The Labute approximate surface area is 83.2 Å².